The molecule has 186 valence electrons. The molecular formula is C24H22FN5O6. The fourth-order valence-corrected chi connectivity index (χ4v) is 4.44. The predicted molar refractivity (Wildman–Crippen MR) is 128 cm³/mol. The Morgan fingerprint density at radius 2 is 1.83 bits per heavy atom. The van der Waals surface area contributed by atoms with E-state index in [-0.39, 0.29) is 28.2 Å². The summed E-state index contributed by atoms with van der Waals surface area (Å²) in [5, 5.41) is 22.0. The quantitative estimate of drug-likeness (QED) is 0.393. The monoisotopic (exact) mass is 495 g/mol. The number of carboxylic acid groups (broad SMARTS) is 1. The van der Waals surface area contributed by atoms with Crippen molar-refractivity contribution in [2.45, 2.75) is 18.9 Å². The van der Waals surface area contributed by atoms with Gasteiger partial charge in [-0.3, -0.25) is 25.1 Å². The Kier molecular flexibility index (Phi) is 5.88. The van der Waals surface area contributed by atoms with E-state index >= 15 is 4.39 Å². The summed E-state index contributed by atoms with van der Waals surface area (Å²) in [5.74, 6) is -2.45. The predicted octanol–water partition coefficient (Wildman–Crippen LogP) is 2.55. The van der Waals surface area contributed by atoms with Crippen molar-refractivity contribution in [1.82, 2.24) is 15.0 Å². The van der Waals surface area contributed by atoms with E-state index in [1.54, 1.807) is 20.5 Å². The second-order valence-electron chi connectivity index (χ2n) is 8.86. The summed E-state index contributed by atoms with van der Waals surface area (Å²) in [6.45, 7) is 1.48. The number of aromatic nitrogens is 1. The first kappa shape index (κ1) is 23.4. The van der Waals surface area contributed by atoms with Crippen LogP contribution in [0, 0.1) is 15.9 Å². The molecule has 1 amide bonds. The first-order chi connectivity index (χ1) is 17.2. The van der Waals surface area contributed by atoms with Crippen LogP contribution < -0.4 is 15.8 Å². The maximum atomic E-state index is 15.1. The van der Waals surface area contributed by atoms with Crippen molar-refractivity contribution in [2.24, 2.45) is 0 Å². The Bertz CT molecular complexity index is 1460. The van der Waals surface area contributed by atoms with Gasteiger partial charge >= 0.3 is 5.97 Å². The summed E-state index contributed by atoms with van der Waals surface area (Å²) < 4.78 is 16.9. The normalized spacial score (nSPS) is 16.2. The van der Waals surface area contributed by atoms with Gasteiger partial charge in [-0.05, 0) is 31.0 Å². The number of nitro benzene ring substituents is 1. The number of hydrogen-bond acceptors (Lipinski definition) is 7. The summed E-state index contributed by atoms with van der Waals surface area (Å²) in [6.07, 6.45) is 3.05. The van der Waals surface area contributed by atoms with Gasteiger partial charge in [-0.25, -0.2) is 14.2 Å². The molecule has 0 spiro atoms. The van der Waals surface area contributed by atoms with Crippen molar-refractivity contribution in [2.75, 3.05) is 31.1 Å². The Labute approximate surface area is 203 Å². The molecular weight excluding hydrogens is 473 g/mol. The topological polar surface area (TPSA) is 138 Å². The number of amides is 1. The van der Waals surface area contributed by atoms with Crippen molar-refractivity contribution in [1.29, 1.82) is 0 Å². The largest absolute Gasteiger partial charge is 0.477 e. The maximum Gasteiger partial charge on any atom is 0.341 e. The molecule has 2 fully saturated rings. The van der Waals surface area contributed by atoms with E-state index in [1.165, 1.54) is 30.5 Å². The number of anilines is 1. The van der Waals surface area contributed by atoms with Gasteiger partial charge in [-0.15, -0.1) is 0 Å². The lowest BCUT2D eigenvalue weighted by molar-refractivity contribution is -0.384. The first-order valence-corrected chi connectivity index (χ1v) is 11.4. The second kappa shape index (κ2) is 9.04. The highest BCUT2D eigenvalue weighted by Crippen LogP contribution is 2.38. The lowest BCUT2D eigenvalue weighted by Gasteiger charge is -2.36. The molecule has 0 atom stereocenters. The summed E-state index contributed by atoms with van der Waals surface area (Å²) in [7, 11) is 0. The standard InChI is InChI=1S/C24H22FN5O6/c25-19-11-17-20(29(15-4-5-15)13-18(22(17)31)24(33)34)12-21(19)27-6-8-28(9-7-27)26-23(32)14-2-1-3-16(10-14)30(35)36/h1-3,10-13,15H,4-9H2,(H,26,32)(H,33,34). The van der Waals surface area contributed by atoms with Crippen LogP contribution >= 0.6 is 0 Å². The number of nitro groups is 1. The summed E-state index contributed by atoms with van der Waals surface area (Å²) in [5.41, 5.74) is 2.39. The minimum absolute atomic E-state index is 0.0332. The van der Waals surface area contributed by atoms with Crippen molar-refractivity contribution in [3.63, 3.8) is 0 Å². The number of nitrogens with one attached hydrogen (secondary N) is 1. The molecule has 2 aromatic carbocycles. The molecule has 2 heterocycles. The van der Waals surface area contributed by atoms with Gasteiger partial charge in [0.25, 0.3) is 11.6 Å². The third-order valence-corrected chi connectivity index (χ3v) is 6.47. The number of hydrogen-bond donors (Lipinski definition) is 2. The Morgan fingerprint density at radius 3 is 2.47 bits per heavy atom. The molecule has 3 aromatic rings. The highest BCUT2D eigenvalue weighted by atomic mass is 19.1. The molecule has 0 radical (unpaired) electrons. The zero-order chi connectivity index (χ0) is 25.6. The first-order valence-electron chi connectivity index (χ1n) is 11.4. The van der Waals surface area contributed by atoms with Gasteiger partial charge in [0.2, 0.25) is 5.43 Å². The number of carbonyl (C=O) groups excluding carboxylic acids is 1. The summed E-state index contributed by atoms with van der Waals surface area (Å²) >= 11 is 0. The van der Waals surface area contributed by atoms with Gasteiger partial charge in [0.15, 0.2) is 0 Å². The lowest BCUT2D eigenvalue weighted by atomic mass is 10.1. The number of carboxylic acids is 1. The van der Waals surface area contributed by atoms with Gasteiger partial charge in [-0.2, -0.15) is 0 Å². The molecule has 36 heavy (non-hydrogen) atoms. The van der Waals surface area contributed by atoms with Gasteiger partial charge in [0, 0.05) is 61.5 Å². The SMILES string of the molecule is O=C(NN1CCN(c2cc3c(cc2F)c(=O)c(C(=O)O)cn3C2CC2)CC1)c1cccc([N+](=O)[O-])c1. The van der Waals surface area contributed by atoms with Crippen LogP contribution in [-0.2, 0) is 0 Å². The number of piperazine rings is 1. The Morgan fingerprint density at radius 1 is 1.11 bits per heavy atom. The third-order valence-electron chi connectivity index (χ3n) is 6.47. The molecule has 1 aromatic heterocycles. The number of benzene rings is 2. The van der Waals surface area contributed by atoms with Gasteiger partial charge < -0.3 is 14.6 Å². The molecule has 2 N–H and O–H groups in total. The molecule has 0 unspecified atom stereocenters. The second-order valence-corrected chi connectivity index (χ2v) is 8.86. The number of nitrogens with zero attached hydrogens (tertiary/aromatic N) is 4. The third kappa shape index (κ3) is 4.38. The zero-order valence-electron chi connectivity index (χ0n) is 19.0. The van der Waals surface area contributed by atoms with E-state index in [2.05, 4.69) is 5.43 Å². The zero-order valence-corrected chi connectivity index (χ0v) is 19.0. The van der Waals surface area contributed by atoms with E-state index in [4.69, 9.17) is 0 Å². The smallest absolute Gasteiger partial charge is 0.341 e. The molecule has 1 saturated heterocycles. The molecule has 12 heteroatoms. The average molecular weight is 495 g/mol. The fourth-order valence-electron chi connectivity index (χ4n) is 4.44. The van der Waals surface area contributed by atoms with E-state index in [0.717, 1.165) is 18.9 Å². The van der Waals surface area contributed by atoms with Crippen molar-refractivity contribution in [3.05, 3.63) is 79.9 Å². The molecule has 11 nitrogen and oxygen atoms in total. The number of carbonyl (C=O) groups is 2. The summed E-state index contributed by atoms with van der Waals surface area (Å²) in [6, 6.07) is 8.20. The van der Waals surface area contributed by atoms with Crippen LogP contribution in [0.5, 0.6) is 0 Å². The van der Waals surface area contributed by atoms with Gasteiger partial charge in [-0.1, -0.05) is 6.07 Å². The molecule has 0 bridgehead atoms. The van der Waals surface area contributed by atoms with Crippen molar-refractivity contribution in [3.8, 4) is 0 Å². The number of non-ortho nitro benzene ring substituents is 1. The van der Waals surface area contributed by atoms with E-state index < -0.39 is 28.0 Å². The van der Waals surface area contributed by atoms with Crippen LogP contribution in [0.2, 0.25) is 0 Å². The fraction of sp³-hybridized carbons (Fsp3) is 0.292. The van der Waals surface area contributed by atoms with Crippen LogP contribution in [0.1, 0.15) is 39.6 Å². The van der Waals surface area contributed by atoms with E-state index in [9.17, 15) is 29.6 Å². The van der Waals surface area contributed by atoms with E-state index in [1.807, 2.05) is 0 Å². The number of halogens is 1. The van der Waals surface area contributed by atoms with Gasteiger partial charge in [0.05, 0.1) is 16.1 Å². The Balaban J connectivity index is 1.34. The lowest BCUT2D eigenvalue weighted by Crippen LogP contribution is -2.53. The molecule has 2 aliphatic rings. The number of pyridine rings is 1. The Hall–Kier alpha value is -4.32. The van der Waals surface area contributed by atoms with Crippen LogP contribution in [0.15, 0.2) is 47.4 Å². The minimum Gasteiger partial charge on any atom is -0.477 e. The van der Waals surface area contributed by atoms with Crippen LogP contribution in [-0.4, -0.2) is 57.7 Å². The number of fused-ring (bicyclic) bond motifs is 1. The van der Waals surface area contributed by atoms with Crippen molar-refractivity contribution >= 4 is 34.2 Å². The maximum absolute atomic E-state index is 15.1. The highest BCUT2D eigenvalue weighted by molar-refractivity contribution is 5.95. The highest BCUT2D eigenvalue weighted by Gasteiger charge is 2.29. The molecule has 1 aliphatic heterocycles. The average Bonchev–Trinajstić information content (AvgIpc) is 3.70. The number of rotatable bonds is 6. The molecule has 1 aliphatic carbocycles. The number of aromatic carboxylic acids is 1. The van der Waals surface area contributed by atoms with Crippen LogP contribution in [0.4, 0.5) is 15.8 Å². The van der Waals surface area contributed by atoms with Gasteiger partial charge in [0.1, 0.15) is 11.4 Å². The summed E-state index contributed by atoms with van der Waals surface area (Å²) in [4.78, 5) is 48.9. The molecule has 1 saturated carbocycles. The minimum atomic E-state index is -1.34. The molecule has 5 rings (SSSR count). The van der Waals surface area contributed by atoms with E-state index in [0.29, 0.717) is 37.4 Å². The van der Waals surface area contributed by atoms with Crippen LogP contribution in [0.25, 0.3) is 10.9 Å². The van der Waals surface area contributed by atoms with Crippen LogP contribution in [0.3, 0.4) is 0 Å². The number of hydrazine groups is 1. The van der Waals surface area contributed by atoms with Crippen molar-refractivity contribution < 1.29 is 24.0 Å².